The molecule has 0 unspecified atom stereocenters. The third kappa shape index (κ3) is 4.03. The lowest BCUT2D eigenvalue weighted by Gasteiger charge is -2.27. The minimum absolute atomic E-state index is 0.555. The summed E-state index contributed by atoms with van der Waals surface area (Å²) in [7, 11) is 1.12. The van der Waals surface area contributed by atoms with Gasteiger partial charge in [-0.2, -0.15) is 0 Å². The summed E-state index contributed by atoms with van der Waals surface area (Å²) in [4.78, 5) is 34.5. The van der Waals surface area contributed by atoms with Gasteiger partial charge in [0.05, 0.1) is 0 Å². The van der Waals surface area contributed by atoms with E-state index in [0.717, 1.165) is 14.0 Å². The molecule has 0 saturated carbocycles. The molecule has 0 spiro atoms. The van der Waals surface area contributed by atoms with Gasteiger partial charge in [0.25, 0.3) is 5.91 Å². The summed E-state index contributed by atoms with van der Waals surface area (Å²) < 4.78 is 4.91. The average molecular weight is 246 g/mol. The van der Waals surface area contributed by atoms with Crippen LogP contribution in [0.5, 0.6) is 0 Å². The van der Waals surface area contributed by atoms with Crippen molar-refractivity contribution in [1.29, 1.82) is 0 Å². The van der Waals surface area contributed by atoms with Crippen LogP contribution in [0.4, 0.5) is 4.79 Å². The molecular formula is C10H18N2O5. The molecule has 0 aromatic heterocycles. The Kier molecular flexibility index (Phi) is 4.25. The van der Waals surface area contributed by atoms with Crippen molar-refractivity contribution in [1.82, 2.24) is 4.90 Å². The van der Waals surface area contributed by atoms with Gasteiger partial charge in [-0.3, -0.25) is 4.79 Å². The molecule has 0 aromatic carbocycles. The molecule has 0 rings (SSSR count). The first-order chi connectivity index (χ1) is 7.39. The fraction of sp³-hybridized carbons (Fsp3) is 0.700. The zero-order valence-corrected chi connectivity index (χ0v) is 10.6. The Morgan fingerprint density at radius 2 is 1.59 bits per heavy atom. The van der Waals surface area contributed by atoms with Crippen molar-refractivity contribution in [2.75, 3.05) is 7.05 Å². The van der Waals surface area contributed by atoms with Crippen LogP contribution >= 0.6 is 0 Å². The van der Waals surface area contributed by atoms with Crippen LogP contribution < -0.4 is 5.73 Å². The number of carboxylic acid groups (broad SMARTS) is 1. The number of carboxylic acids is 1. The minimum atomic E-state index is -2.16. The maximum atomic E-state index is 11.7. The van der Waals surface area contributed by atoms with Crippen LogP contribution in [-0.2, 0) is 14.3 Å². The van der Waals surface area contributed by atoms with Crippen molar-refractivity contribution in [3.05, 3.63) is 0 Å². The predicted molar refractivity (Wildman–Crippen MR) is 59.2 cm³/mol. The average Bonchev–Trinajstić information content (AvgIpc) is 2.12. The Hall–Kier alpha value is -1.63. The number of aliphatic carboxylic acids is 1. The number of ether oxygens (including phenoxy) is 1. The second-order valence-electron chi connectivity index (χ2n) is 4.85. The first-order valence-electron chi connectivity index (χ1n) is 4.93. The standard InChI is InChI=1S/C10H18N2O5/c1-9(2,3)17-8(16)12(5)6(13)10(4,11)7(14)15/h11H2,1-5H3,(H,14,15)/t10-/m1/s1. The SMILES string of the molecule is CN(C(=O)OC(C)(C)C)C(=O)[C@@](C)(N)C(=O)O. The second kappa shape index (κ2) is 4.70. The predicted octanol–water partition coefficient (Wildman–Crippen LogP) is 0.182. The molecule has 0 radical (unpaired) electrons. The highest BCUT2D eigenvalue weighted by Gasteiger charge is 2.41. The number of nitrogens with two attached hydrogens (primary N) is 1. The number of amides is 2. The van der Waals surface area contributed by atoms with E-state index < -0.39 is 29.1 Å². The number of hydrogen-bond donors (Lipinski definition) is 2. The normalized spacial score (nSPS) is 14.7. The minimum Gasteiger partial charge on any atom is -0.479 e. The van der Waals surface area contributed by atoms with Crippen molar-refractivity contribution in [3.63, 3.8) is 0 Å². The summed E-state index contributed by atoms with van der Waals surface area (Å²) in [6.07, 6.45) is -0.944. The van der Waals surface area contributed by atoms with E-state index in [1.165, 1.54) is 0 Å². The van der Waals surface area contributed by atoms with Crippen LogP contribution in [0.1, 0.15) is 27.7 Å². The van der Waals surface area contributed by atoms with Crippen molar-refractivity contribution in [3.8, 4) is 0 Å². The Bertz CT molecular complexity index is 343. The van der Waals surface area contributed by atoms with Gasteiger partial charge < -0.3 is 15.6 Å². The molecule has 98 valence electrons. The van der Waals surface area contributed by atoms with Crippen LogP contribution in [-0.4, -0.2) is 46.2 Å². The van der Waals surface area contributed by atoms with Gasteiger partial charge in [0.2, 0.25) is 0 Å². The Morgan fingerprint density at radius 3 is 1.88 bits per heavy atom. The second-order valence-corrected chi connectivity index (χ2v) is 4.85. The highest BCUT2D eigenvalue weighted by molar-refractivity contribution is 6.10. The molecule has 0 heterocycles. The lowest BCUT2D eigenvalue weighted by atomic mass is 10.0. The number of carbonyl (C=O) groups excluding carboxylic acids is 2. The lowest BCUT2D eigenvalue weighted by Crippen LogP contribution is -2.59. The quantitative estimate of drug-likeness (QED) is 0.672. The maximum absolute atomic E-state index is 11.7. The van der Waals surface area contributed by atoms with Gasteiger partial charge in [-0.1, -0.05) is 0 Å². The highest BCUT2D eigenvalue weighted by atomic mass is 16.6. The number of rotatable bonds is 2. The summed E-state index contributed by atoms with van der Waals surface area (Å²) >= 11 is 0. The zero-order valence-electron chi connectivity index (χ0n) is 10.6. The summed E-state index contributed by atoms with van der Waals surface area (Å²) in [6, 6.07) is 0. The Labute approximate surface area is 99.5 Å². The Balaban J connectivity index is 4.84. The van der Waals surface area contributed by atoms with E-state index in [-0.39, 0.29) is 0 Å². The molecule has 0 aromatic rings. The molecule has 1 atom stereocenters. The lowest BCUT2D eigenvalue weighted by molar-refractivity contribution is -0.151. The highest BCUT2D eigenvalue weighted by Crippen LogP contribution is 2.12. The summed E-state index contributed by atoms with van der Waals surface area (Å²) in [5, 5.41) is 8.75. The van der Waals surface area contributed by atoms with Crippen molar-refractivity contribution in [2.24, 2.45) is 5.73 Å². The Morgan fingerprint density at radius 1 is 1.18 bits per heavy atom. The molecule has 0 fully saturated rings. The fourth-order valence-electron chi connectivity index (χ4n) is 0.853. The zero-order chi connectivity index (χ0) is 14.0. The monoisotopic (exact) mass is 246 g/mol. The molecule has 2 amide bonds. The van der Waals surface area contributed by atoms with E-state index in [0.29, 0.717) is 4.90 Å². The van der Waals surface area contributed by atoms with Gasteiger partial charge in [-0.25, -0.2) is 14.5 Å². The van der Waals surface area contributed by atoms with Gasteiger partial charge in [-0.05, 0) is 27.7 Å². The molecule has 7 nitrogen and oxygen atoms in total. The molecule has 0 saturated heterocycles. The third-order valence-electron chi connectivity index (χ3n) is 1.86. The first-order valence-corrected chi connectivity index (χ1v) is 4.93. The van der Waals surface area contributed by atoms with Crippen LogP contribution in [0.2, 0.25) is 0 Å². The fourth-order valence-corrected chi connectivity index (χ4v) is 0.853. The first kappa shape index (κ1) is 15.4. The van der Waals surface area contributed by atoms with E-state index in [1.54, 1.807) is 20.8 Å². The maximum Gasteiger partial charge on any atom is 0.416 e. The summed E-state index contributed by atoms with van der Waals surface area (Å²) in [6.45, 7) is 5.89. The third-order valence-corrected chi connectivity index (χ3v) is 1.86. The van der Waals surface area contributed by atoms with E-state index in [1.807, 2.05) is 0 Å². The molecule has 17 heavy (non-hydrogen) atoms. The van der Waals surface area contributed by atoms with Crippen molar-refractivity contribution >= 4 is 18.0 Å². The summed E-state index contributed by atoms with van der Waals surface area (Å²) in [5.74, 6) is -2.56. The molecule has 0 aliphatic heterocycles. The van der Waals surface area contributed by atoms with Gasteiger partial charge in [0.15, 0.2) is 5.54 Å². The van der Waals surface area contributed by atoms with E-state index >= 15 is 0 Å². The molecular weight excluding hydrogens is 228 g/mol. The number of likely N-dealkylation sites (N-methyl/N-ethyl adjacent to an activating group) is 1. The number of nitrogens with zero attached hydrogens (tertiary/aromatic N) is 1. The number of hydrogen-bond acceptors (Lipinski definition) is 5. The topological polar surface area (TPSA) is 110 Å². The van der Waals surface area contributed by atoms with Gasteiger partial charge in [-0.15, -0.1) is 0 Å². The van der Waals surface area contributed by atoms with E-state index in [2.05, 4.69) is 0 Å². The van der Waals surface area contributed by atoms with Crippen LogP contribution in [0.15, 0.2) is 0 Å². The largest absolute Gasteiger partial charge is 0.479 e. The van der Waals surface area contributed by atoms with Crippen molar-refractivity contribution in [2.45, 2.75) is 38.8 Å². The van der Waals surface area contributed by atoms with Gasteiger partial charge in [0.1, 0.15) is 5.60 Å². The number of imide groups is 1. The van der Waals surface area contributed by atoms with Crippen LogP contribution in [0.25, 0.3) is 0 Å². The van der Waals surface area contributed by atoms with E-state index in [4.69, 9.17) is 15.6 Å². The summed E-state index contributed by atoms with van der Waals surface area (Å²) in [5.41, 5.74) is 2.37. The molecule has 0 bridgehead atoms. The van der Waals surface area contributed by atoms with E-state index in [9.17, 15) is 14.4 Å². The molecule has 0 aliphatic carbocycles. The molecule has 0 aliphatic rings. The molecule has 3 N–H and O–H groups in total. The van der Waals surface area contributed by atoms with Crippen molar-refractivity contribution < 1.29 is 24.2 Å². The van der Waals surface area contributed by atoms with Crippen LogP contribution in [0.3, 0.4) is 0 Å². The number of carbonyl (C=O) groups is 3. The van der Waals surface area contributed by atoms with Gasteiger partial charge in [0, 0.05) is 7.05 Å². The van der Waals surface area contributed by atoms with Gasteiger partial charge >= 0.3 is 12.1 Å². The van der Waals surface area contributed by atoms with Crippen LogP contribution in [0, 0.1) is 0 Å². The molecule has 7 heteroatoms. The smallest absolute Gasteiger partial charge is 0.416 e.